The quantitative estimate of drug-likeness (QED) is 0.702. The van der Waals surface area contributed by atoms with Crippen LogP contribution in [-0.2, 0) is 20.7 Å². The molecule has 2 fully saturated rings. The van der Waals surface area contributed by atoms with Gasteiger partial charge < -0.3 is 14.5 Å². The summed E-state index contributed by atoms with van der Waals surface area (Å²) in [7, 11) is 0. The van der Waals surface area contributed by atoms with Crippen LogP contribution in [0.2, 0.25) is 0 Å². The number of amides is 3. The lowest BCUT2D eigenvalue weighted by molar-refractivity contribution is -0.134. The summed E-state index contributed by atoms with van der Waals surface area (Å²) in [4.78, 5) is 39.3. The molecule has 0 aliphatic carbocycles. The first-order valence-electron chi connectivity index (χ1n) is 11.1. The molecule has 1 aromatic carbocycles. The Morgan fingerprint density at radius 3 is 2.41 bits per heavy atom. The molecule has 32 heavy (non-hydrogen) atoms. The first kappa shape index (κ1) is 22.5. The van der Waals surface area contributed by atoms with Crippen LogP contribution in [0.15, 0.2) is 6.07 Å². The highest BCUT2D eigenvalue weighted by atomic mass is 19.1. The van der Waals surface area contributed by atoms with E-state index < -0.39 is 35.3 Å². The lowest BCUT2D eigenvalue weighted by Crippen LogP contribution is -2.52. The monoisotopic (exact) mass is 449 g/mol. The van der Waals surface area contributed by atoms with E-state index in [-0.39, 0.29) is 23.8 Å². The smallest absolute Gasteiger partial charge is 0.410 e. The fourth-order valence-electron chi connectivity index (χ4n) is 4.87. The first-order valence-corrected chi connectivity index (χ1v) is 11.1. The number of imide groups is 1. The van der Waals surface area contributed by atoms with Gasteiger partial charge in [-0.1, -0.05) is 0 Å². The van der Waals surface area contributed by atoms with Crippen LogP contribution in [0.3, 0.4) is 0 Å². The third kappa shape index (κ3) is 4.29. The van der Waals surface area contributed by atoms with Crippen molar-refractivity contribution in [2.45, 2.75) is 70.4 Å². The van der Waals surface area contributed by atoms with Gasteiger partial charge in [0.1, 0.15) is 23.3 Å². The summed E-state index contributed by atoms with van der Waals surface area (Å²) in [6.07, 6.45) is 1.40. The number of rotatable bonds is 2. The Bertz CT molecular complexity index is 952. The number of nitrogens with zero attached hydrogens (tertiary/aromatic N) is 2. The molecule has 1 N–H and O–H groups in total. The van der Waals surface area contributed by atoms with Crippen LogP contribution in [0.1, 0.15) is 63.5 Å². The summed E-state index contributed by atoms with van der Waals surface area (Å²) in [5, 5.41) is 2.31. The molecular weight excluding hydrogens is 420 g/mol. The van der Waals surface area contributed by atoms with Crippen molar-refractivity contribution in [3.63, 3.8) is 0 Å². The number of ether oxygens (including phenoxy) is 1. The third-order valence-corrected chi connectivity index (χ3v) is 6.38. The number of carbonyl (C=O) groups is 3. The average Bonchev–Trinajstić information content (AvgIpc) is 3.11. The van der Waals surface area contributed by atoms with Crippen molar-refractivity contribution in [3.8, 4) is 0 Å². The molecule has 7 nitrogen and oxygen atoms in total. The summed E-state index contributed by atoms with van der Waals surface area (Å²) in [5.41, 5.74) is 0.281. The number of halogens is 2. The number of anilines is 1. The van der Waals surface area contributed by atoms with Crippen LogP contribution in [0, 0.1) is 11.6 Å². The van der Waals surface area contributed by atoms with Crippen LogP contribution in [0.4, 0.5) is 19.3 Å². The molecule has 9 heteroatoms. The number of likely N-dealkylation sites (tertiary alicyclic amines) is 1. The van der Waals surface area contributed by atoms with E-state index in [1.54, 1.807) is 30.6 Å². The van der Waals surface area contributed by atoms with Crippen LogP contribution in [0.5, 0.6) is 0 Å². The molecule has 3 aliphatic heterocycles. The maximum Gasteiger partial charge on any atom is 0.410 e. The van der Waals surface area contributed by atoms with E-state index in [4.69, 9.17) is 4.74 Å². The summed E-state index contributed by atoms with van der Waals surface area (Å²) in [6.45, 7) is 6.54. The van der Waals surface area contributed by atoms with Gasteiger partial charge in [-0.15, -0.1) is 0 Å². The summed E-state index contributed by atoms with van der Waals surface area (Å²) >= 11 is 0. The second kappa shape index (κ2) is 8.33. The van der Waals surface area contributed by atoms with Crippen molar-refractivity contribution in [2.75, 3.05) is 24.5 Å². The van der Waals surface area contributed by atoms with Gasteiger partial charge in [0.2, 0.25) is 11.8 Å². The highest BCUT2D eigenvalue weighted by molar-refractivity contribution is 6.02. The predicted octanol–water partition coefficient (Wildman–Crippen LogP) is 3.25. The molecule has 3 amide bonds. The zero-order valence-corrected chi connectivity index (χ0v) is 18.7. The molecule has 3 heterocycles. The number of benzene rings is 1. The maximum absolute atomic E-state index is 15.5. The zero-order chi connectivity index (χ0) is 23.2. The van der Waals surface area contributed by atoms with Gasteiger partial charge in [0, 0.05) is 42.9 Å². The van der Waals surface area contributed by atoms with E-state index in [1.807, 2.05) is 0 Å². The minimum Gasteiger partial charge on any atom is -0.444 e. The van der Waals surface area contributed by atoms with Gasteiger partial charge in [0.25, 0.3) is 0 Å². The van der Waals surface area contributed by atoms with E-state index in [9.17, 15) is 14.4 Å². The van der Waals surface area contributed by atoms with E-state index in [1.165, 1.54) is 6.07 Å². The van der Waals surface area contributed by atoms with Gasteiger partial charge in [0.05, 0.1) is 0 Å². The van der Waals surface area contributed by atoms with E-state index >= 15 is 8.78 Å². The Morgan fingerprint density at radius 2 is 1.78 bits per heavy atom. The lowest BCUT2D eigenvalue weighted by atomic mass is 9.87. The molecular formula is C23H29F2N3O4. The fraction of sp³-hybridized carbons (Fsp3) is 0.609. The van der Waals surface area contributed by atoms with Gasteiger partial charge in [-0.2, -0.15) is 0 Å². The molecule has 1 unspecified atom stereocenters. The molecule has 3 aliphatic rings. The van der Waals surface area contributed by atoms with Gasteiger partial charge in [-0.25, -0.2) is 13.6 Å². The number of hydrogen-bond acceptors (Lipinski definition) is 5. The third-order valence-electron chi connectivity index (χ3n) is 6.38. The standard InChI is InChI=1S/C23H29F2N3O4/c1-23(2,3)32-22(31)27-9-6-13(7-10-27)19-15(24)12-17-14(20(19)25)8-11-28(17)16-4-5-18(29)26-21(16)30/h12-13,16H,4-11H2,1-3H3,(H,26,29,30). The topological polar surface area (TPSA) is 79.0 Å². The summed E-state index contributed by atoms with van der Waals surface area (Å²) in [5.74, 6) is -2.25. The van der Waals surface area contributed by atoms with Crippen molar-refractivity contribution < 1.29 is 27.9 Å². The van der Waals surface area contributed by atoms with Gasteiger partial charge in [-0.3, -0.25) is 14.9 Å². The van der Waals surface area contributed by atoms with Crippen LogP contribution in [-0.4, -0.2) is 54.1 Å². The maximum atomic E-state index is 15.5. The number of piperidine rings is 2. The molecule has 0 saturated carbocycles. The zero-order valence-electron chi connectivity index (χ0n) is 18.7. The van der Waals surface area contributed by atoms with Crippen molar-refractivity contribution in [1.29, 1.82) is 0 Å². The number of fused-ring (bicyclic) bond motifs is 1. The Kier molecular flexibility index (Phi) is 5.85. The SMILES string of the molecule is CC(C)(C)OC(=O)N1CCC(c2c(F)cc3c(c2F)CCN3C2CCC(=O)NC2=O)CC1. The minimum atomic E-state index is -0.629. The van der Waals surface area contributed by atoms with Crippen LogP contribution < -0.4 is 10.2 Å². The lowest BCUT2D eigenvalue weighted by Gasteiger charge is -2.34. The first-order chi connectivity index (χ1) is 15.0. The Morgan fingerprint density at radius 1 is 1.09 bits per heavy atom. The Hall–Kier alpha value is -2.71. The van der Waals surface area contributed by atoms with E-state index in [0.717, 1.165) is 0 Å². The largest absolute Gasteiger partial charge is 0.444 e. The van der Waals surface area contributed by atoms with Crippen molar-refractivity contribution in [3.05, 3.63) is 28.8 Å². The second-order valence-corrected chi connectivity index (χ2v) is 9.74. The van der Waals surface area contributed by atoms with Gasteiger partial charge in [-0.05, 0) is 58.4 Å². The predicted molar refractivity (Wildman–Crippen MR) is 113 cm³/mol. The number of hydrogen-bond donors (Lipinski definition) is 1. The molecule has 4 rings (SSSR count). The molecule has 0 radical (unpaired) electrons. The highest BCUT2D eigenvalue weighted by Gasteiger charge is 2.38. The van der Waals surface area contributed by atoms with Crippen molar-refractivity contribution in [2.24, 2.45) is 0 Å². The number of nitrogens with one attached hydrogen (secondary N) is 1. The normalized spacial score (nSPS) is 22.1. The molecule has 0 aromatic heterocycles. The number of carbonyl (C=O) groups excluding carboxylic acids is 3. The summed E-state index contributed by atoms with van der Waals surface area (Å²) < 4.78 is 36.0. The molecule has 0 bridgehead atoms. The highest BCUT2D eigenvalue weighted by Crippen LogP contribution is 2.40. The van der Waals surface area contributed by atoms with Gasteiger partial charge in [0.15, 0.2) is 0 Å². The Labute approximate surface area is 186 Å². The van der Waals surface area contributed by atoms with Crippen LogP contribution in [0.25, 0.3) is 0 Å². The van der Waals surface area contributed by atoms with Crippen molar-refractivity contribution >= 4 is 23.6 Å². The molecule has 0 spiro atoms. The summed E-state index contributed by atoms with van der Waals surface area (Å²) in [6, 6.07) is 0.723. The van der Waals surface area contributed by atoms with Gasteiger partial charge >= 0.3 is 6.09 Å². The van der Waals surface area contributed by atoms with E-state index in [2.05, 4.69) is 5.32 Å². The Balaban J connectivity index is 1.50. The van der Waals surface area contributed by atoms with Crippen LogP contribution >= 0.6 is 0 Å². The van der Waals surface area contributed by atoms with E-state index in [0.29, 0.717) is 56.6 Å². The molecule has 1 aromatic rings. The molecule has 1 atom stereocenters. The molecule has 2 saturated heterocycles. The average molecular weight is 449 g/mol. The van der Waals surface area contributed by atoms with Crippen molar-refractivity contribution in [1.82, 2.24) is 10.2 Å². The minimum absolute atomic E-state index is 0.0673. The second-order valence-electron chi connectivity index (χ2n) is 9.74. The fourth-order valence-corrected chi connectivity index (χ4v) is 4.87. The molecule has 174 valence electrons.